The Labute approximate surface area is 253 Å². The van der Waals surface area contributed by atoms with Crippen LogP contribution >= 0.6 is 11.6 Å². The number of aromatic nitrogens is 1. The molecule has 1 aliphatic rings. The first-order valence-corrected chi connectivity index (χ1v) is 15.4. The highest BCUT2D eigenvalue weighted by molar-refractivity contribution is 7.91. The number of rotatable bonds is 7. The molecule has 2 heterocycles. The number of nitrogens with one attached hydrogen (secondary N) is 3. The third kappa shape index (κ3) is 6.68. The van der Waals surface area contributed by atoms with Crippen LogP contribution in [0.1, 0.15) is 50.6 Å². The molecular weight excluding hydrogens is 596 g/mol. The first-order chi connectivity index (χ1) is 20.5. The average molecular weight is 624 g/mol. The van der Waals surface area contributed by atoms with E-state index in [9.17, 15) is 22.6 Å². The van der Waals surface area contributed by atoms with Crippen molar-refractivity contribution in [3.05, 3.63) is 118 Å². The van der Waals surface area contributed by atoms with E-state index in [0.717, 1.165) is 5.56 Å². The molecule has 0 radical (unpaired) electrons. The Balaban J connectivity index is 1.46. The van der Waals surface area contributed by atoms with E-state index >= 15 is 0 Å². The van der Waals surface area contributed by atoms with Crippen molar-refractivity contribution in [2.75, 3.05) is 18.4 Å². The first-order valence-electron chi connectivity index (χ1n) is 13.5. The lowest BCUT2D eigenvalue weighted by Crippen LogP contribution is -2.38. The summed E-state index contributed by atoms with van der Waals surface area (Å²) in [5.74, 6) is -1.76. The Morgan fingerprint density at radius 1 is 1.00 bits per heavy atom. The highest BCUT2D eigenvalue weighted by atomic mass is 35.5. The minimum Gasteiger partial charge on any atom is -0.353 e. The molecule has 222 valence electrons. The molecule has 0 aliphatic carbocycles. The number of pyridine rings is 1. The minimum atomic E-state index is -4.07. The lowest BCUT2D eigenvalue weighted by molar-refractivity contribution is 0.0713. The number of halogens is 3. The van der Waals surface area contributed by atoms with E-state index in [1.54, 1.807) is 42.2 Å². The fraction of sp³-hybridized carbons (Fsp3) is 0.194. The van der Waals surface area contributed by atoms with Gasteiger partial charge in [-0.1, -0.05) is 41.9 Å². The predicted octanol–water partition coefficient (Wildman–Crippen LogP) is 6.84. The Morgan fingerprint density at radius 3 is 2.30 bits per heavy atom. The molecule has 2 amide bonds. The summed E-state index contributed by atoms with van der Waals surface area (Å²) in [6.45, 7) is 2.49. The van der Waals surface area contributed by atoms with Crippen molar-refractivity contribution in [3.63, 3.8) is 0 Å². The number of carbonyl (C=O) groups excluding carboxylic acids is 2. The van der Waals surface area contributed by atoms with Crippen LogP contribution in [0.2, 0.25) is 5.02 Å². The number of aryl methyl sites for hydroxylation is 1. The number of piperidine rings is 1. The molecule has 1 unspecified atom stereocenters. The third-order valence-electron chi connectivity index (χ3n) is 7.33. The summed E-state index contributed by atoms with van der Waals surface area (Å²) in [7, 11) is -4.07. The number of amides is 2. The first kappa shape index (κ1) is 30.1. The second-order valence-corrected chi connectivity index (χ2v) is 12.3. The summed E-state index contributed by atoms with van der Waals surface area (Å²) in [6.07, 6.45) is 2.49. The standard InChI is InChI=1S/C31H28ClF2N5O3S/c1-19-17-24(34)11-12-26(19)37-28-25(31(41)39-15-13-21(14-16-39)20-7-9-23(33)10-8-20)18-36-30(27(28)32)43(35,42)38-29(40)22-5-3-2-4-6-22/h2-12,17-18,21H,13-16H2,1H3,(H,36,37)(H2,35,38,40,42). The molecule has 0 bridgehead atoms. The number of likely N-dealkylation sites (tertiary alicyclic amines) is 1. The van der Waals surface area contributed by atoms with Crippen molar-refractivity contribution in [2.24, 2.45) is 0 Å². The van der Waals surface area contributed by atoms with Gasteiger partial charge in [-0.05, 0) is 79.3 Å². The molecular formula is C31H28ClF2N5O3S. The molecule has 1 aliphatic heterocycles. The maximum atomic E-state index is 13.8. The molecule has 8 nitrogen and oxygen atoms in total. The Kier molecular flexibility index (Phi) is 8.74. The van der Waals surface area contributed by atoms with Crippen molar-refractivity contribution < 1.29 is 22.6 Å². The zero-order valence-electron chi connectivity index (χ0n) is 23.1. The quantitative estimate of drug-likeness (QED) is 0.209. The molecule has 0 spiro atoms. The lowest BCUT2D eigenvalue weighted by atomic mass is 9.89. The van der Waals surface area contributed by atoms with Crippen LogP contribution in [0, 0.1) is 23.3 Å². The molecule has 3 N–H and O–H groups in total. The summed E-state index contributed by atoms with van der Waals surface area (Å²) < 4.78 is 51.3. The van der Waals surface area contributed by atoms with Gasteiger partial charge in [0.15, 0.2) is 14.9 Å². The van der Waals surface area contributed by atoms with Gasteiger partial charge in [-0.3, -0.25) is 14.3 Å². The van der Waals surface area contributed by atoms with Gasteiger partial charge in [0.1, 0.15) is 16.7 Å². The summed E-state index contributed by atoms with van der Waals surface area (Å²) in [6, 6.07) is 18.3. The van der Waals surface area contributed by atoms with Crippen LogP contribution in [0.3, 0.4) is 0 Å². The van der Waals surface area contributed by atoms with Gasteiger partial charge >= 0.3 is 0 Å². The zero-order valence-corrected chi connectivity index (χ0v) is 24.6. The molecule has 43 heavy (non-hydrogen) atoms. The molecule has 1 atom stereocenters. The van der Waals surface area contributed by atoms with Gasteiger partial charge in [-0.25, -0.2) is 22.8 Å². The van der Waals surface area contributed by atoms with E-state index in [1.165, 1.54) is 48.7 Å². The fourth-order valence-corrected chi connectivity index (χ4v) is 6.56. The summed E-state index contributed by atoms with van der Waals surface area (Å²) in [5.41, 5.74) is 2.21. The monoisotopic (exact) mass is 623 g/mol. The van der Waals surface area contributed by atoms with Gasteiger partial charge in [0, 0.05) is 30.5 Å². The number of hydrogen-bond acceptors (Lipinski definition) is 6. The Bertz CT molecular complexity index is 1780. The van der Waals surface area contributed by atoms with Crippen molar-refractivity contribution in [2.45, 2.75) is 30.7 Å². The minimum absolute atomic E-state index is 0.0287. The van der Waals surface area contributed by atoms with Gasteiger partial charge in [0.25, 0.3) is 11.8 Å². The molecule has 1 aromatic heterocycles. The van der Waals surface area contributed by atoms with Crippen LogP contribution in [0.5, 0.6) is 0 Å². The van der Waals surface area contributed by atoms with Gasteiger partial charge in [0.05, 0.1) is 11.3 Å². The maximum Gasteiger partial charge on any atom is 0.263 e. The van der Waals surface area contributed by atoms with Crippen LogP contribution in [-0.2, 0) is 9.92 Å². The molecule has 1 fully saturated rings. The van der Waals surface area contributed by atoms with Gasteiger partial charge in [-0.2, -0.15) is 0 Å². The van der Waals surface area contributed by atoms with E-state index in [-0.39, 0.29) is 33.6 Å². The molecule has 12 heteroatoms. The normalized spacial score (nSPS) is 15.0. The summed E-state index contributed by atoms with van der Waals surface area (Å²) >= 11 is 6.71. The van der Waals surface area contributed by atoms with Gasteiger partial charge in [0.2, 0.25) is 0 Å². The largest absolute Gasteiger partial charge is 0.353 e. The number of benzene rings is 3. The highest BCUT2D eigenvalue weighted by Gasteiger charge is 2.30. The highest BCUT2D eigenvalue weighted by Crippen LogP contribution is 2.36. The second kappa shape index (κ2) is 12.5. The van der Waals surface area contributed by atoms with Crippen LogP contribution in [-0.4, -0.2) is 39.0 Å². The van der Waals surface area contributed by atoms with Crippen molar-refractivity contribution in [1.82, 2.24) is 14.6 Å². The van der Waals surface area contributed by atoms with Crippen LogP contribution in [0.4, 0.5) is 20.2 Å². The smallest absolute Gasteiger partial charge is 0.263 e. The molecule has 0 saturated carbocycles. The third-order valence-corrected chi connectivity index (χ3v) is 9.14. The van der Waals surface area contributed by atoms with Crippen molar-refractivity contribution in [1.29, 1.82) is 4.78 Å². The van der Waals surface area contributed by atoms with E-state index in [0.29, 0.717) is 37.2 Å². The zero-order chi connectivity index (χ0) is 30.7. The van der Waals surface area contributed by atoms with Crippen molar-refractivity contribution >= 4 is 44.7 Å². The Hall–Kier alpha value is -4.35. The number of anilines is 2. The lowest BCUT2D eigenvalue weighted by Gasteiger charge is -2.33. The average Bonchev–Trinajstić information content (AvgIpc) is 2.99. The van der Waals surface area contributed by atoms with E-state index in [1.807, 2.05) is 0 Å². The fourth-order valence-electron chi connectivity index (χ4n) is 5.00. The topological polar surface area (TPSA) is 115 Å². The predicted molar refractivity (Wildman–Crippen MR) is 161 cm³/mol. The van der Waals surface area contributed by atoms with Gasteiger partial charge in [-0.15, -0.1) is 0 Å². The number of hydrogen-bond donors (Lipinski definition) is 3. The molecule has 4 aromatic rings. The van der Waals surface area contributed by atoms with Gasteiger partial charge < -0.3 is 10.2 Å². The van der Waals surface area contributed by atoms with Crippen LogP contribution < -0.4 is 10.0 Å². The maximum absolute atomic E-state index is 13.8. The van der Waals surface area contributed by atoms with E-state index in [2.05, 4.69) is 15.0 Å². The number of nitrogens with zero attached hydrogens (tertiary/aromatic N) is 2. The number of carbonyl (C=O) groups is 2. The molecule has 3 aromatic carbocycles. The van der Waals surface area contributed by atoms with E-state index < -0.39 is 32.6 Å². The summed E-state index contributed by atoms with van der Waals surface area (Å²) in [4.78, 5) is 32.3. The second-order valence-electron chi connectivity index (χ2n) is 10.2. The van der Waals surface area contributed by atoms with Crippen LogP contribution in [0.15, 0.2) is 84.0 Å². The molecule has 1 saturated heterocycles. The summed E-state index contributed by atoms with van der Waals surface area (Å²) in [5, 5.41) is 2.32. The Morgan fingerprint density at radius 2 is 1.65 bits per heavy atom. The molecule has 5 rings (SSSR count). The van der Waals surface area contributed by atoms with Crippen LogP contribution in [0.25, 0.3) is 0 Å². The van der Waals surface area contributed by atoms with Crippen molar-refractivity contribution in [3.8, 4) is 0 Å². The SMILES string of the molecule is Cc1cc(F)ccc1Nc1c(C(=O)N2CCC(c3ccc(F)cc3)CC2)cnc(S(=N)(=O)NC(=O)c2ccccc2)c1Cl. The van der Waals surface area contributed by atoms with E-state index in [4.69, 9.17) is 16.4 Å².